The van der Waals surface area contributed by atoms with Gasteiger partial charge in [0.1, 0.15) is 0 Å². The van der Waals surface area contributed by atoms with Crippen LogP contribution in [0.5, 0.6) is 0 Å². The van der Waals surface area contributed by atoms with Crippen molar-refractivity contribution >= 4 is 5.97 Å². The predicted molar refractivity (Wildman–Crippen MR) is 43.6 cm³/mol. The van der Waals surface area contributed by atoms with Gasteiger partial charge >= 0.3 is 5.97 Å². The van der Waals surface area contributed by atoms with Crippen LogP contribution in [0.25, 0.3) is 0 Å². The first-order valence-electron chi connectivity index (χ1n) is 4.31. The summed E-state index contributed by atoms with van der Waals surface area (Å²) in [7, 11) is 0. The lowest BCUT2D eigenvalue weighted by atomic mass is 9.95. The molecule has 0 radical (unpaired) electrons. The van der Waals surface area contributed by atoms with Gasteiger partial charge in [0, 0.05) is 6.54 Å². The van der Waals surface area contributed by atoms with Crippen LogP contribution in [0.4, 0.5) is 0 Å². The summed E-state index contributed by atoms with van der Waals surface area (Å²) in [6.45, 7) is 3.42. The second-order valence-corrected chi connectivity index (χ2v) is 2.92. The van der Waals surface area contributed by atoms with E-state index in [9.17, 15) is 9.90 Å². The summed E-state index contributed by atoms with van der Waals surface area (Å²) in [4.78, 5) is 11.2. The first-order chi connectivity index (χ1) is 5.75. The number of esters is 1. The van der Waals surface area contributed by atoms with Gasteiger partial charge in [-0.2, -0.15) is 0 Å². The molecule has 0 saturated carbocycles. The molecule has 1 heterocycles. The first-order valence-corrected chi connectivity index (χ1v) is 4.31. The number of nitrogens with one attached hydrogen (secondary N) is 1. The fourth-order valence-electron chi connectivity index (χ4n) is 1.37. The van der Waals surface area contributed by atoms with Crippen LogP contribution in [0.3, 0.4) is 0 Å². The molecular formula is C8H15NO3. The van der Waals surface area contributed by atoms with Gasteiger partial charge in [0.05, 0.1) is 18.6 Å². The summed E-state index contributed by atoms with van der Waals surface area (Å²) >= 11 is 0. The van der Waals surface area contributed by atoms with E-state index in [1.54, 1.807) is 6.92 Å². The molecule has 0 aromatic heterocycles. The van der Waals surface area contributed by atoms with E-state index >= 15 is 0 Å². The highest BCUT2D eigenvalue weighted by molar-refractivity contribution is 5.73. The molecule has 1 fully saturated rings. The number of β-amino-alcohol motifs (C(OH)–C–C–N with tert-alkyl or cyclic N) is 1. The van der Waals surface area contributed by atoms with Gasteiger partial charge in [-0.05, 0) is 19.9 Å². The summed E-state index contributed by atoms with van der Waals surface area (Å²) < 4.78 is 4.83. The number of rotatable bonds is 2. The van der Waals surface area contributed by atoms with Crippen molar-refractivity contribution in [2.24, 2.45) is 5.92 Å². The van der Waals surface area contributed by atoms with E-state index < -0.39 is 6.10 Å². The first kappa shape index (κ1) is 9.48. The minimum atomic E-state index is -0.585. The molecule has 0 aromatic carbocycles. The van der Waals surface area contributed by atoms with Crippen molar-refractivity contribution in [1.82, 2.24) is 5.32 Å². The minimum Gasteiger partial charge on any atom is -0.466 e. The van der Waals surface area contributed by atoms with Crippen LogP contribution in [0.2, 0.25) is 0 Å². The average molecular weight is 173 g/mol. The number of hydrogen-bond acceptors (Lipinski definition) is 4. The molecule has 1 saturated heterocycles. The van der Waals surface area contributed by atoms with Crippen molar-refractivity contribution in [3.8, 4) is 0 Å². The Morgan fingerprint density at radius 3 is 3.08 bits per heavy atom. The molecule has 0 aliphatic carbocycles. The fourth-order valence-corrected chi connectivity index (χ4v) is 1.37. The molecular weight excluding hydrogens is 158 g/mol. The fraction of sp³-hybridized carbons (Fsp3) is 0.875. The van der Waals surface area contributed by atoms with E-state index in [0.29, 0.717) is 19.6 Å². The second-order valence-electron chi connectivity index (χ2n) is 2.92. The largest absolute Gasteiger partial charge is 0.466 e. The zero-order valence-electron chi connectivity index (χ0n) is 7.25. The number of carbonyl (C=O) groups is 1. The molecule has 0 amide bonds. The summed E-state index contributed by atoms with van der Waals surface area (Å²) in [5, 5.41) is 12.4. The lowest BCUT2D eigenvalue weighted by Gasteiger charge is -2.26. The van der Waals surface area contributed by atoms with E-state index in [4.69, 9.17) is 4.74 Å². The Bertz CT molecular complexity index is 160. The normalized spacial score (nSPS) is 29.8. The van der Waals surface area contributed by atoms with E-state index in [2.05, 4.69) is 5.32 Å². The van der Waals surface area contributed by atoms with Gasteiger partial charge in [0.15, 0.2) is 0 Å². The van der Waals surface area contributed by atoms with Crippen molar-refractivity contribution < 1.29 is 14.6 Å². The average Bonchev–Trinajstić information content (AvgIpc) is 2.05. The number of aliphatic hydroxyl groups is 1. The maximum atomic E-state index is 11.2. The third-order valence-corrected chi connectivity index (χ3v) is 2.04. The Labute approximate surface area is 71.9 Å². The van der Waals surface area contributed by atoms with Crippen LogP contribution in [0.1, 0.15) is 13.3 Å². The van der Waals surface area contributed by atoms with Crippen molar-refractivity contribution in [2.75, 3.05) is 19.7 Å². The smallest absolute Gasteiger partial charge is 0.311 e. The van der Waals surface area contributed by atoms with E-state index in [0.717, 1.165) is 6.54 Å². The highest BCUT2D eigenvalue weighted by atomic mass is 16.5. The van der Waals surface area contributed by atoms with Crippen molar-refractivity contribution in [3.63, 3.8) is 0 Å². The Morgan fingerprint density at radius 2 is 2.50 bits per heavy atom. The topological polar surface area (TPSA) is 58.6 Å². The van der Waals surface area contributed by atoms with E-state index in [-0.39, 0.29) is 11.9 Å². The summed E-state index contributed by atoms with van der Waals surface area (Å²) in [6.07, 6.45) is 0.0813. The maximum absolute atomic E-state index is 11.2. The lowest BCUT2D eigenvalue weighted by Crippen LogP contribution is -2.44. The summed E-state index contributed by atoms with van der Waals surface area (Å²) in [6, 6.07) is 0. The van der Waals surface area contributed by atoms with Crippen LogP contribution in [-0.4, -0.2) is 36.9 Å². The lowest BCUT2D eigenvalue weighted by molar-refractivity contribution is -0.153. The zero-order chi connectivity index (χ0) is 8.97. The number of aliphatic hydroxyl groups excluding tert-OH is 1. The number of piperidine rings is 1. The predicted octanol–water partition coefficient (Wildman–Crippen LogP) is -0.480. The van der Waals surface area contributed by atoms with Gasteiger partial charge < -0.3 is 15.2 Å². The number of ether oxygens (including phenoxy) is 1. The summed E-state index contributed by atoms with van der Waals surface area (Å²) in [5.41, 5.74) is 0. The molecule has 1 aliphatic rings. The third-order valence-electron chi connectivity index (χ3n) is 2.04. The van der Waals surface area contributed by atoms with Gasteiger partial charge in [0.2, 0.25) is 0 Å². The molecule has 1 aliphatic heterocycles. The summed E-state index contributed by atoms with van der Waals surface area (Å²) in [5.74, 6) is -0.599. The third kappa shape index (κ3) is 2.19. The van der Waals surface area contributed by atoms with Crippen LogP contribution in [0.15, 0.2) is 0 Å². The highest BCUT2D eigenvalue weighted by Gasteiger charge is 2.30. The van der Waals surface area contributed by atoms with Gasteiger partial charge in [-0.1, -0.05) is 0 Å². The quantitative estimate of drug-likeness (QED) is 0.554. The standard InChI is InChI=1S/C8H15NO3/c1-2-12-8(11)6-3-4-9-5-7(6)10/h6-7,9-10H,2-5H2,1H3/t6-,7-/m0/s1. The van der Waals surface area contributed by atoms with Gasteiger partial charge in [-0.3, -0.25) is 4.79 Å². The molecule has 0 unspecified atom stereocenters. The molecule has 4 nitrogen and oxygen atoms in total. The molecule has 2 N–H and O–H groups in total. The van der Waals surface area contributed by atoms with Gasteiger partial charge in [-0.25, -0.2) is 0 Å². The Hall–Kier alpha value is -0.610. The zero-order valence-corrected chi connectivity index (χ0v) is 7.25. The molecule has 0 aromatic rings. The van der Waals surface area contributed by atoms with E-state index in [1.807, 2.05) is 0 Å². The molecule has 70 valence electrons. The highest BCUT2D eigenvalue weighted by Crippen LogP contribution is 2.13. The van der Waals surface area contributed by atoms with Crippen LogP contribution in [0, 0.1) is 5.92 Å². The van der Waals surface area contributed by atoms with Crippen LogP contribution in [-0.2, 0) is 9.53 Å². The minimum absolute atomic E-state index is 0.272. The van der Waals surface area contributed by atoms with Crippen molar-refractivity contribution in [1.29, 1.82) is 0 Å². The Balaban J connectivity index is 2.42. The van der Waals surface area contributed by atoms with Gasteiger partial charge in [-0.15, -0.1) is 0 Å². The van der Waals surface area contributed by atoms with Crippen LogP contribution < -0.4 is 5.32 Å². The van der Waals surface area contributed by atoms with Gasteiger partial charge in [0.25, 0.3) is 0 Å². The Morgan fingerprint density at radius 1 is 1.75 bits per heavy atom. The maximum Gasteiger partial charge on any atom is 0.311 e. The second kappa shape index (κ2) is 4.42. The molecule has 4 heteroatoms. The number of hydrogen-bond donors (Lipinski definition) is 2. The monoisotopic (exact) mass is 173 g/mol. The Kier molecular flexibility index (Phi) is 3.49. The van der Waals surface area contributed by atoms with E-state index in [1.165, 1.54) is 0 Å². The molecule has 0 bridgehead atoms. The molecule has 0 spiro atoms. The molecule has 12 heavy (non-hydrogen) atoms. The molecule has 1 rings (SSSR count). The van der Waals surface area contributed by atoms with Crippen molar-refractivity contribution in [3.05, 3.63) is 0 Å². The SMILES string of the molecule is CCOC(=O)[C@H]1CCNC[C@@H]1O. The van der Waals surface area contributed by atoms with Crippen molar-refractivity contribution in [2.45, 2.75) is 19.4 Å². The van der Waals surface area contributed by atoms with Crippen LogP contribution >= 0.6 is 0 Å². The molecule has 2 atom stereocenters. The number of carbonyl (C=O) groups excluding carboxylic acids is 1.